The molecule has 0 aromatic carbocycles. The van der Waals surface area contributed by atoms with Crippen LogP contribution in [0.15, 0.2) is 47.5 Å². The molecule has 0 bridgehead atoms. The van der Waals surface area contributed by atoms with Crippen LogP contribution >= 0.6 is 0 Å². The lowest BCUT2D eigenvalue weighted by atomic mass is 9.73. The number of nitrogens with zero attached hydrogens (tertiary/aromatic N) is 7. The molecule has 0 unspecified atom stereocenters. The molecule has 0 spiro atoms. The number of aromatic nitrogens is 4. The van der Waals surface area contributed by atoms with Crippen molar-refractivity contribution in [2.45, 2.75) is 76.1 Å². The lowest BCUT2D eigenvalue weighted by molar-refractivity contribution is -0.0893. The third-order valence-corrected chi connectivity index (χ3v) is 9.69. The molecule has 44 heavy (non-hydrogen) atoms. The molecule has 0 radical (unpaired) electrons. The van der Waals surface area contributed by atoms with Gasteiger partial charge in [-0.1, -0.05) is 13.0 Å². The number of pyridine rings is 2. The third kappa shape index (κ3) is 4.89. The van der Waals surface area contributed by atoms with E-state index in [0.717, 1.165) is 43.7 Å². The second-order valence-corrected chi connectivity index (χ2v) is 13.5. The average molecular weight is 601 g/mol. The van der Waals surface area contributed by atoms with Crippen LogP contribution in [0.4, 0.5) is 33.9 Å². The number of fused-ring (bicyclic) bond motifs is 3. The highest BCUT2D eigenvalue weighted by atomic mass is 16.6. The molecule has 0 saturated carbocycles. The summed E-state index contributed by atoms with van der Waals surface area (Å²) in [6.45, 7) is 11.1. The first-order valence-electron chi connectivity index (χ1n) is 15.4. The zero-order chi connectivity index (χ0) is 30.8. The van der Waals surface area contributed by atoms with Gasteiger partial charge in [0.2, 0.25) is 5.95 Å². The van der Waals surface area contributed by atoms with Gasteiger partial charge in [-0.3, -0.25) is 9.69 Å². The Labute approximate surface area is 257 Å². The molecular formula is C32H40N8O4. The highest BCUT2D eigenvalue weighted by Gasteiger charge is 2.55. The van der Waals surface area contributed by atoms with E-state index in [4.69, 9.17) is 19.4 Å². The van der Waals surface area contributed by atoms with E-state index in [2.05, 4.69) is 47.9 Å². The van der Waals surface area contributed by atoms with Crippen LogP contribution < -0.4 is 20.7 Å². The molecule has 12 nitrogen and oxygen atoms in total. The number of carbonyl (C=O) groups excluding carboxylic acids is 1. The van der Waals surface area contributed by atoms with Crippen LogP contribution in [0.1, 0.15) is 58.6 Å². The smallest absolute Gasteiger partial charge is 0.415 e. The van der Waals surface area contributed by atoms with Crippen molar-refractivity contribution in [2.24, 2.45) is 0 Å². The number of ether oxygens (including phenoxy) is 2. The van der Waals surface area contributed by atoms with Crippen LogP contribution in [-0.2, 0) is 14.9 Å². The lowest BCUT2D eigenvalue weighted by Crippen LogP contribution is -2.54. The predicted octanol–water partition coefficient (Wildman–Crippen LogP) is 4.37. The summed E-state index contributed by atoms with van der Waals surface area (Å²) in [4.78, 5) is 46.4. The number of piperidine rings is 1. The number of rotatable bonds is 5. The SMILES string of the molecule is C[C@H]1COC(=O)N1c1cccc(N2c3nc(Nc4ccn(C5CCN(C)CC5)c(=O)c4)ncc3[C@@]3(C)COC(C)(C)C[C@H]23)n1. The van der Waals surface area contributed by atoms with Gasteiger partial charge in [0.15, 0.2) is 0 Å². The molecule has 232 valence electrons. The van der Waals surface area contributed by atoms with Gasteiger partial charge in [0.1, 0.15) is 24.1 Å². The Morgan fingerprint density at radius 2 is 1.77 bits per heavy atom. The van der Waals surface area contributed by atoms with Crippen LogP contribution in [0.25, 0.3) is 0 Å². The Bertz CT molecular complexity index is 1650. The van der Waals surface area contributed by atoms with E-state index in [1.54, 1.807) is 11.0 Å². The molecule has 3 aromatic rings. The monoisotopic (exact) mass is 600 g/mol. The molecule has 12 heteroatoms. The Morgan fingerprint density at radius 1 is 1.02 bits per heavy atom. The van der Waals surface area contributed by atoms with E-state index in [1.165, 1.54) is 0 Å². The van der Waals surface area contributed by atoms with Crippen molar-refractivity contribution in [3.8, 4) is 0 Å². The van der Waals surface area contributed by atoms with Crippen LogP contribution in [0, 0.1) is 0 Å². The number of hydrogen-bond donors (Lipinski definition) is 1. The van der Waals surface area contributed by atoms with Gasteiger partial charge in [-0.15, -0.1) is 0 Å². The Balaban J connectivity index is 1.24. The average Bonchev–Trinajstić information content (AvgIpc) is 3.45. The maximum absolute atomic E-state index is 13.1. The summed E-state index contributed by atoms with van der Waals surface area (Å²) in [6.07, 6.45) is 6.00. The second kappa shape index (κ2) is 10.6. The first-order valence-corrected chi connectivity index (χ1v) is 15.4. The second-order valence-electron chi connectivity index (χ2n) is 13.5. The summed E-state index contributed by atoms with van der Waals surface area (Å²) in [5.41, 5.74) is 0.846. The van der Waals surface area contributed by atoms with Crippen molar-refractivity contribution in [1.82, 2.24) is 24.4 Å². The van der Waals surface area contributed by atoms with Gasteiger partial charge in [-0.2, -0.15) is 4.98 Å². The summed E-state index contributed by atoms with van der Waals surface area (Å²) in [5.74, 6) is 2.35. The first-order chi connectivity index (χ1) is 21.0. The minimum absolute atomic E-state index is 0.00466. The van der Waals surface area contributed by atoms with Crippen molar-refractivity contribution < 1.29 is 14.3 Å². The summed E-state index contributed by atoms with van der Waals surface area (Å²) >= 11 is 0. The van der Waals surface area contributed by atoms with Gasteiger partial charge >= 0.3 is 6.09 Å². The van der Waals surface area contributed by atoms with Crippen molar-refractivity contribution in [3.05, 3.63) is 58.6 Å². The van der Waals surface area contributed by atoms with Crippen molar-refractivity contribution in [3.63, 3.8) is 0 Å². The standard InChI is InChI=1S/C32H40N8O4/c1-20-18-43-30(42)39(20)25-7-6-8-26(35-25)40-24-16-31(2,3)44-19-32(24,4)23-17-33-29(36-28(23)40)34-21-9-14-38(27(41)15-21)22-10-12-37(5)13-11-22/h6-9,14-15,17,20,22,24H,10-13,16,18-19H2,1-5H3,(H,33,34,36)/t20-,24-,32+/m0/s1. The van der Waals surface area contributed by atoms with E-state index in [9.17, 15) is 9.59 Å². The Hall–Kier alpha value is -4.03. The highest BCUT2D eigenvalue weighted by Crippen LogP contribution is 2.53. The number of hydrogen-bond acceptors (Lipinski definition) is 10. The fourth-order valence-corrected chi connectivity index (χ4v) is 7.05. The maximum Gasteiger partial charge on any atom is 0.415 e. The number of cyclic esters (lactones) is 1. The summed E-state index contributed by atoms with van der Waals surface area (Å²) < 4.78 is 13.4. The molecular weight excluding hydrogens is 560 g/mol. The normalized spacial score (nSPS) is 26.8. The van der Waals surface area contributed by atoms with E-state index < -0.39 is 6.09 Å². The molecule has 3 atom stereocenters. The van der Waals surface area contributed by atoms with Crippen LogP contribution in [0.5, 0.6) is 0 Å². The number of carbonyl (C=O) groups is 1. The quantitative estimate of drug-likeness (QED) is 0.453. The van der Waals surface area contributed by atoms with Crippen molar-refractivity contribution in [1.29, 1.82) is 0 Å². The number of amides is 1. The van der Waals surface area contributed by atoms with Gasteiger partial charge in [0.05, 0.1) is 24.3 Å². The largest absolute Gasteiger partial charge is 0.447 e. The van der Waals surface area contributed by atoms with E-state index in [-0.39, 0.29) is 34.7 Å². The van der Waals surface area contributed by atoms with Gasteiger partial charge in [-0.25, -0.2) is 14.8 Å². The van der Waals surface area contributed by atoms with E-state index in [0.29, 0.717) is 36.5 Å². The molecule has 1 amide bonds. The zero-order valence-corrected chi connectivity index (χ0v) is 26.0. The number of anilines is 5. The molecule has 3 aromatic heterocycles. The molecule has 7 rings (SSSR count). The summed E-state index contributed by atoms with van der Waals surface area (Å²) in [6, 6.07) is 9.31. The molecule has 4 aliphatic heterocycles. The van der Waals surface area contributed by atoms with Gasteiger partial charge < -0.3 is 29.2 Å². The molecule has 1 N–H and O–H groups in total. The fourth-order valence-electron chi connectivity index (χ4n) is 7.05. The number of nitrogens with one attached hydrogen (secondary N) is 1. The Morgan fingerprint density at radius 3 is 2.48 bits per heavy atom. The minimum Gasteiger partial charge on any atom is -0.447 e. The highest BCUT2D eigenvalue weighted by molar-refractivity contribution is 5.89. The van der Waals surface area contributed by atoms with Gasteiger partial charge in [-0.05, 0) is 78.4 Å². The van der Waals surface area contributed by atoms with Crippen molar-refractivity contribution >= 4 is 35.2 Å². The van der Waals surface area contributed by atoms with Crippen molar-refractivity contribution in [2.75, 3.05) is 48.5 Å². The fraction of sp³-hybridized carbons (Fsp3) is 0.531. The maximum atomic E-state index is 13.1. The van der Waals surface area contributed by atoms with E-state index in [1.807, 2.05) is 48.1 Å². The third-order valence-electron chi connectivity index (χ3n) is 9.69. The topological polar surface area (TPSA) is 118 Å². The summed E-state index contributed by atoms with van der Waals surface area (Å²) in [5, 5.41) is 3.27. The molecule has 7 heterocycles. The van der Waals surface area contributed by atoms with Gasteiger partial charge in [0, 0.05) is 41.2 Å². The molecule has 3 fully saturated rings. The molecule has 3 saturated heterocycles. The van der Waals surface area contributed by atoms with E-state index >= 15 is 0 Å². The van der Waals surface area contributed by atoms with Gasteiger partial charge in [0.25, 0.3) is 5.56 Å². The summed E-state index contributed by atoms with van der Waals surface area (Å²) in [7, 11) is 2.11. The molecule has 4 aliphatic rings. The van der Waals surface area contributed by atoms with Crippen LogP contribution in [0.3, 0.4) is 0 Å². The number of likely N-dealkylation sites (tertiary alicyclic amines) is 1. The zero-order valence-electron chi connectivity index (χ0n) is 26.0. The Kier molecular flexibility index (Phi) is 6.89. The minimum atomic E-state index is -0.396. The van der Waals surface area contributed by atoms with Crippen LogP contribution in [0.2, 0.25) is 0 Å². The first kappa shape index (κ1) is 28.7. The van der Waals surface area contributed by atoms with Crippen LogP contribution in [-0.4, -0.2) is 81.5 Å². The molecule has 0 aliphatic carbocycles. The predicted molar refractivity (Wildman–Crippen MR) is 167 cm³/mol. The lowest BCUT2D eigenvalue weighted by Gasteiger charge is -2.46.